The maximum absolute atomic E-state index is 4.40. The second-order valence-electron chi connectivity index (χ2n) is 4.62. The van der Waals surface area contributed by atoms with Crippen LogP contribution < -0.4 is 5.32 Å². The Kier molecular flexibility index (Phi) is 4.53. The Labute approximate surface area is 109 Å². The number of nitrogens with one attached hydrogen (secondary N) is 1. The molecule has 0 aliphatic carbocycles. The van der Waals surface area contributed by atoms with Crippen LogP contribution in [0.4, 0.5) is 0 Å². The standard InChI is InChI=1S/C15H21N3/c1-16-15(13-7-4-3-5-8-13)10-6-9-14-11-12-18(2)17-14/h3-5,7-8,11-12,15-16H,6,9-10H2,1-2H3. The Morgan fingerprint density at radius 1 is 1.22 bits per heavy atom. The van der Waals surface area contributed by atoms with Gasteiger partial charge in [-0.25, -0.2) is 0 Å². The van der Waals surface area contributed by atoms with Crippen LogP contribution in [0.2, 0.25) is 0 Å². The van der Waals surface area contributed by atoms with Gasteiger partial charge in [0.05, 0.1) is 5.69 Å². The molecule has 0 aliphatic rings. The SMILES string of the molecule is CNC(CCCc1ccn(C)n1)c1ccccc1. The molecule has 0 spiro atoms. The molecule has 0 fully saturated rings. The van der Waals surface area contributed by atoms with Crippen LogP contribution >= 0.6 is 0 Å². The fourth-order valence-electron chi connectivity index (χ4n) is 2.25. The van der Waals surface area contributed by atoms with E-state index in [-0.39, 0.29) is 0 Å². The molecule has 96 valence electrons. The number of nitrogens with zero attached hydrogens (tertiary/aromatic N) is 2. The topological polar surface area (TPSA) is 29.9 Å². The zero-order valence-corrected chi connectivity index (χ0v) is 11.1. The molecule has 0 saturated heterocycles. The van der Waals surface area contributed by atoms with Gasteiger partial charge in [0, 0.05) is 19.3 Å². The smallest absolute Gasteiger partial charge is 0.0624 e. The number of hydrogen-bond acceptors (Lipinski definition) is 2. The molecular weight excluding hydrogens is 222 g/mol. The van der Waals surface area contributed by atoms with E-state index in [9.17, 15) is 0 Å². The van der Waals surface area contributed by atoms with Crippen molar-refractivity contribution in [3.05, 3.63) is 53.9 Å². The molecule has 0 radical (unpaired) electrons. The lowest BCUT2D eigenvalue weighted by Crippen LogP contribution is -2.16. The van der Waals surface area contributed by atoms with E-state index in [1.165, 1.54) is 11.3 Å². The second kappa shape index (κ2) is 6.36. The van der Waals surface area contributed by atoms with Crippen LogP contribution in [0.25, 0.3) is 0 Å². The molecule has 1 aromatic heterocycles. The van der Waals surface area contributed by atoms with Gasteiger partial charge in [-0.2, -0.15) is 5.10 Å². The Morgan fingerprint density at radius 2 is 2.00 bits per heavy atom. The van der Waals surface area contributed by atoms with Crippen molar-refractivity contribution in [2.24, 2.45) is 7.05 Å². The summed E-state index contributed by atoms with van der Waals surface area (Å²) >= 11 is 0. The van der Waals surface area contributed by atoms with Crippen molar-refractivity contribution in [1.82, 2.24) is 15.1 Å². The van der Waals surface area contributed by atoms with Crippen LogP contribution in [0.3, 0.4) is 0 Å². The molecule has 1 aromatic carbocycles. The monoisotopic (exact) mass is 243 g/mol. The predicted octanol–water partition coefficient (Wildman–Crippen LogP) is 2.70. The van der Waals surface area contributed by atoms with E-state index in [2.05, 4.69) is 46.8 Å². The van der Waals surface area contributed by atoms with Crippen molar-refractivity contribution >= 4 is 0 Å². The lowest BCUT2D eigenvalue weighted by Gasteiger charge is -2.16. The molecule has 1 heterocycles. The highest BCUT2D eigenvalue weighted by atomic mass is 15.2. The van der Waals surface area contributed by atoms with Crippen molar-refractivity contribution in [2.45, 2.75) is 25.3 Å². The molecule has 1 unspecified atom stereocenters. The van der Waals surface area contributed by atoms with Gasteiger partial charge >= 0.3 is 0 Å². The van der Waals surface area contributed by atoms with Crippen molar-refractivity contribution in [1.29, 1.82) is 0 Å². The van der Waals surface area contributed by atoms with Crippen LogP contribution in [0, 0.1) is 0 Å². The molecule has 2 aromatic rings. The van der Waals surface area contributed by atoms with Gasteiger partial charge in [-0.05, 0) is 37.9 Å². The fourth-order valence-corrected chi connectivity index (χ4v) is 2.25. The molecule has 1 atom stereocenters. The molecule has 1 N–H and O–H groups in total. The number of rotatable bonds is 6. The molecule has 3 heteroatoms. The van der Waals surface area contributed by atoms with Crippen molar-refractivity contribution in [3.8, 4) is 0 Å². The summed E-state index contributed by atoms with van der Waals surface area (Å²) in [5, 5.41) is 7.79. The highest BCUT2D eigenvalue weighted by Gasteiger charge is 2.08. The molecule has 0 amide bonds. The lowest BCUT2D eigenvalue weighted by atomic mass is 10.0. The summed E-state index contributed by atoms with van der Waals surface area (Å²) in [4.78, 5) is 0. The number of benzene rings is 1. The largest absolute Gasteiger partial charge is 0.313 e. The minimum atomic E-state index is 0.440. The van der Waals surface area contributed by atoms with Crippen LogP contribution in [0.15, 0.2) is 42.6 Å². The molecule has 0 bridgehead atoms. The zero-order chi connectivity index (χ0) is 12.8. The average Bonchev–Trinajstić information content (AvgIpc) is 2.81. The number of aryl methyl sites for hydroxylation is 2. The molecular formula is C15H21N3. The highest BCUT2D eigenvalue weighted by molar-refractivity contribution is 5.18. The summed E-state index contributed by atoms with van der Waals surface area (Å²) in [6.07, 6.45) is 5.34. The fraction of sp³-hybridized carbons (Fsp3) is 0.400. The predicted molar refractivity (Wildman–Crippen MR) is 74.4 cm³/mol. The number of hydrogen-bond donors (Lipinski definition) is 1. The van der Waals surface area contributed by atoms with Gasteiger partial charge in [0.15, 0.2) is 0 Å². The molecule has 0 aliphatic heterocycles. The molecule has 2 rings (SSSR count). The van der Waals surface area contributed by atoms with Gasteiger partial charge in [0.1, 0.15) is 0 Å². The van der Waals surface area contributed by atoms with Gasteiger partial charge in [-0.1, -0.05) is 30.3 Å². The van der Waals surface area contributed by atoms with Crippen molar-refractivity contribution in [3.63, 3.8) is 0 Å². The molecule has 18 heavy (non-hydrogen) atoms. The summed E-state index contributed by atoms with van der Waals surface area (Å²) in [6, 6.07) is 13.1. The van der Waals surface area contributed by atoms with Gasteiger partial charge in [0.25, 0.3) is 0 Å². The van der Waals surface area contributed by atoms with E-state index in [4.69, 9.17) is 0 Å². The maximum atomic E-state index is 4.40. The minimum absolute atomic E-state index is 0.440. The Bertz CT molecular complexity index is 462. The minimum Gasteiger partial charge on any atom is -0.313 e. The van der Waals surface area contributed by atoms with E-state index in [1.807, 2.05) is 25.0 Å². The van der Waals surface area contributed by atoms with Gasteiger partial charge in [0.2, 0.25) is 0 Å². The summed E-state index contributed by atoms with van der Waals surface area (Å²) in [7, 11) is 3.99. The van der Waals surface area contributed by atoms with Crippen LogP contribution in [-0.2, 0) is 13.5 Å². The van der Waals surface area contributed by atoms with Gasteiger partial charge < -0.3 is 5.32 Å². The first-order valence-electron chi connectivity index (χ1n) is 6.50. The zero-order valence-electron chi connectivity index (χ0n) is 11.1. The highest BCUT2D eigenvalue weighted by Crippen LogP contribution is 2.18. The third-order valence-corrected chi connectivity index (χ3v) is 3.24. The summed E-state index contributed by atoms with van der Waals surface area (Å²) < 4.78 is 1.86. The van der Waals surface area contributed by atoms with Gasteiger partial charge in [-0.3, -0.25) is 4.68 Å². The van der Waals surface area contributed by atoms with Crippen LogP contribution in [0.5, 0.6) is 0 Å². The lowest BCUT2D eigenvalue weighted by molar-refractivity contribution is 0.524. The number of aromatic nitrogens is 2. The van der Waals surface area contributed by atoms with Gasteiger partial charge in [-0.15, -0.1) is 0 Å². The summed E-state index contributed by atoms with van der Waals surface area (Å²) in [5.41, 5.74) is 2.54. The quantitative estimate of drug-likeness (QED) is 0.845. The molecule has 0 saturated carbocycles. The van der Waals surface area contributed by atoms with Crippen molar-refractivity contribution < 1.29 is 0 Å². The Hall–Kier alpha value is -1.61. The third-order valence-electron chi connectivity index (χ3n) is 3.24. The molecule has 3 nitrogen and oxygen atoms in total. The average molecular weight is 243 g/mol. The van der Waals surface area contributed by atoms with E-state index in [1.54, 1.807) is 0 Å². The maximum Gasteiger partial charge on any atom is 0.0624 e. The van der Waals surface area contributed by atoms with Crippen LogP contribution in [-0.4, -0.2) is 16.8 Å². The van der Waals surface area contributed by atoms with Crippen LogP contribution in [0.1, 0.15) is 30.1 Å². The normalized spacial score (nSPS) is 12.6. The van der Waals surface area contributed by atoms with Crippen molar-refractivity contribution in [2.75, 3.05) is 7.05 Å². The third kappa shape index (κ3) is 3.44. The Morgan fingerprint density at radius 3 is 2.61 bits per heavy atom. The van der Waals surface area contributed by atoms with E-state index >= 15 is 0 Å². The van der Waals surface area contributed by atoms with E-state index in [0.29, 0.717) is 6.04 Å². The second-order valence-corrected chi connectivity index (χ2v) is 4.62. The summed E-state index contributed by atoms with van der Waals surface area (Å²) in [5.74, 6) is 0. The summed E-state index contributed by atoms with van der Waals surface area (Å²) in [6.45, 7) is 0. The Balaban J connectivity index is 1.84. The first-order chi connectivity index (χ1) is 8.79. The van der Waals surface area contributed by atoms with E-state index in [0.717, 1.165) is 19.3 Å². The first kappa shape index (κ1) is 12.8. The first-order valence-corrected chi connectivity index (χ1v) is 6.50. The van der Waals surface area contributed by atoms with E-state index < -0.39 is 0 Å².